The Labute approximate surface area is 168 Å². The van der Waals surface area contributed by atoms with Crippen molar-refractivity contribution < 1.29 is 19.8 Å². The van der Waals surface area contributed by atoms with Gasteiger partial charge >= 0.3 is 0 Å². The molecule has 146 valence electrons. The van der Waals surface area contributed by atoms with Gasteiger partial charge in [0.05, 0.1) is 17.2 Å². The predicted molar refractivity (Wildman–Crippen MR) is 107 cm³/mol. The third kappa shape index (κ3) is 3.74. The first-order chi connectivity index (χ1) is 13.3. The number of benzene rings is 2. The van der Waals surface area contributed by atoms with Crippen molar-refractivity contribution in [3.63, 3.8) is 0 Å². The SMILES string of the molecule is CN(C)CCN1C(=O)C(=O)/C(=C(/O)c2ccccc2O)C1c1ccc(Cl)cc1. The van der Waals surface area contributed by atoms with Gasteiger partial charge in [0.2, 0.25) is 0 Å². The molecule has 1 saturated heterocycles. The van der Waals surface area contributed by atoms with Crippen LogP contribution in [0.4, 0.5) is 0 Å². The van der Waals surface area contributed by atoms with E-state index in [4.69, 9.17) is 11.6 Å². The van der Waals surface area contributed by atoms with E-state index in [1.807, 2.05) is 19.0 Å². The summed E-state index contributed by atoms with van der Waals surface area (Å²) in [4.78, 5) is 28.9. The van der Waals surface area contributed by atoms with Crippen LogP contribution >= 0.6 is 11.6 Å². The molecular formula is C21H21ClN2O4. The third-order valence-corrected chi connectivity index (χ3v) is 4.92. The summed E-state index contributed by atoms with van der Waals surface area (Å²) >= 11 is 5.98. The first-order valence-corrected chi connectivity index (χ1v) is 9.16. The van der Waals surface area contributed by atoms with Gasteiger partial charge in [-0.1, -0.05) is 35.9 Å². The molecule has 1 heterocycles. The summed E-state index contributed by atoms with van der Waals surface area (Å²) < 4.78 is 0. The largest absolute Gasteiger partial charge is 0.507 e. The van der Waals surface area contributed by atoms with Gasteiger partial charge in [-0.25, -0.2) is 0 Å². The molecule has 3 rings (SSSR count). The molecule has 0 bridgehead atoms. The lowest BCUT2D eigenvalue weighted by molar-refractivity contribution is -0.140. The summed E-state index contributed by atoms with van der Waals surface area (Å²) in [5.74, 6) is -2.03. The topological polar surface area (TPSA) is 81.1 Å². The Bertz CT molecular complexity index is 938. The Morgan fingerprint density at radius 3 is 2.36 bits per heavy atom. The first kappa shape index (κ1) is 19.9. The van der Waals surface area contributed by atoms with Crippen molar-refractivity contribution in [2.75, 3.05) is 27.2 Å². The molecule has 0 radical (unpaired) electrons. The normalized spacial score (nSPS) is 18.9. The van der Waals surface area contributed by atoms with Crippen LogP contribution in [0.2, 0.25) is 5.02 Å². The summed E-state index contributed by atoms with van der Waals surface area (Å²) in [5, 5.41) is 21.5. The predicted octanol–water partition coefficient (Wildman–Crippen LogP) is 3.03. The molecule has 2 N–H and O–H groups in total. The van der Waals surface area contributed by atoms with Gasteiger partial charge in [0, 0.05) is 18.1 Å². The Hall–Kier alpha value is -2.83. The maximum absolute atomic E-state index is 12.8. The van der Waals surface area contributed by atoms with Crippen LogP contribution in [-0.4, -0.2) is 58.9 Å². The number of ketones is 1. The molecule has 0 aromatic heterocycles. The monoisotopic (exact) mass is 400 g/mol. The average Bonchev–Trinajstić information content (AvgIpc) is 2.91. The molecule has 0 spiro atoms. The molecule has 28 heavy (non-hydrogen) atoms. The van der Waals surface area contributed by atoms with E-state index in [9.17, 15) is 19.8 Å². The highest BCUT2D eigenvalue weighted by atomic mass is 35.5. The van der Waals surface area contributed by atoms with E-state index >= 15 is 0 Å². The fourth-order valence-electron chi connectivity index (χ4n) is 3.23. The highest BCUT2D eigenvalue weighted by Gasteiger charge is 2.46. The molecule has 1 aliphatic rings. The van der Waals surface area contributed by atoms with Gasteiger partial charge in [-0.05, 0) is 43.9 Å². The van der Waals surface area contributed by atoms with E-state index in [0.29, 0.717) is 23.7 Å². The molecule has 0 aliphatic carbocycles. The number of likely N-dealkylation sites (tertiary alicyclic amines) is 1. The minimum atomic E-state index is -0.778. The van der Waals surface area contributed by atoms with Crippen molar-refractivity contribution in [2.45, 2.75) is 6.04 Å². The molecule has 0 saturated carbocycles. The number of phenolic OH excluding ortho intramolecular Hbond substituents is 1. The quantitative estimate of drug-likeness (QED) is 0.458. The maximum atomic E-state index is 12.8. The number of carbonyl (C=O) groups is 2. The van der Waals surface area contributed by atoms with Crippen molar-refractivity contribution in [3.8, 4) is 5.75 Å². The fourth-order valence-corrected chi connectivity index (χ4v) is 3.35. The molecule has 2 aromatic carbocycles. The molecular weight excluding hydrogens is 380 g/mol. The number of rotatable bonds is 5. The van der Waals surface area contributed by atoms with E-state index < -0.39 is 23.5 Å². The minimum Gasteiger partial charge on any atom is -0.507 e. The molecule has 1 aliphatic heterocycles. The third-order valence-electron chi connectivity index (χ3n) is 4.67. The number of aromatic hydroxyl groups is 1. The molecule has 1 fully saturated rings. The summed E-state index contributed by atoms with van der Waals surface area (Å²) in [7, 11) is 3.74. The number of aliphatic hydroxyl groups excluding tert-OH is 1. The van der Waals surface area contributed by atoms with E-state index in [0.717, 1.165) is 0 Å². The van der Waals surface area contributed by atoms with Crippen LogP contribution in [0.5, 0.6) is 5.75 Å². The lowest BCUT2D eigenvalue weighted by atomic mass is 9.95. The molecule has 7 heteroatoms. The number of Topliss-reactive ketones (excluding diaryl/α,β-unsaturated/α-hetero) is 1. The minimum absolute atomic E-state index is 0.0485. The highest BCUT2D eigenvalue weighted by molar-refractivity contribution is 6.46. The molecule has 1 unspecified atom stereocenters. The number of hydrogen-bond donors (Lipinski definition) is 2. The van der Waals surface area contributed by atoms with Crippen molar-refractivity contribution >= 4 is 29.1 Å². The molecule has 6 nitrogen and oxygen atoms in total. The van der Waals surface area contributed by atoms with Crippen LogP contribution in [0.25, 0.3) is 5.76 Å². The summed E-state index contributed by atoms with van der Waals surface area (Å²) in [6.45, 7) is 0.857. The summed E-state index contributed by atoms with van der Waals surface area (Å²) in [6.07, 6.45) is 0. The van der Waals surface area contributed by atoms with Gasteiger partial charge in [0.25, 0.3) is 11.7 Å². The zero-order valence-corrected chi connectivity index (χ0v) is 16.3. The van der Waals surface area contributed by atoms with E-state index in [1.54, 1.807) is 36.4 Å². The van der Waals surface area contributed by atoms with Gasteiger partial charge in [-0.3, -0.25) is 9.59 Å². The number of carbonyl (C=O) groups excluding carboxylic acids is 2. The van der Waals surface area contributed by atoms with Crippen LogP contribution in [0.1, 0.15) is 17.2 Å². The van der Waals surface area contributed by atoms with Gasteiger partial charge in [-0.2, -0.15) is 0 Å². The second-order valence-corrected chi connectivity index (χ2v) is 7.30. The highest BCUT2D eigenvalue weighted by Crippen LogP contribution is 2.40. The number of amides is 1. The van der Waals surface area contributed by atoms with Crippen LogP contribution in [0, 0.1) is 0 Å². The smallest absolute Gasteiger partial charge is 0.295 e. The Balaban J connectivity index is 2.16. The maximum Gasteiger partial charge on any atom is 0.295 e. The van der Waals surface area contributed by atoms with Crippen LogP contribution in [-0.2, 0) is 9.59 Å². The number of phenols is 1. The molecule has 1 amide bonds. The van der Waals surface area contributed by atoms with Crippen LogP contribution in [0.15, 0.2) is 54.1 Å². The Morgan fingerprint density at radius 1 is 1.11 bits per heavy atom. The van der Waals surface area contributed by atoms with Gasteiger partial charge in [0.15, 0.2) is 0 Å². The van der Waals surface area contributed by atoms with Crippen molar-refractivity contribution in [1.82, 2.24) is 9.80 Å². The zero-order valence-electron chi connectivity index (χ0n) is 15.6. The molecule has 1 atom stereocenters. The standard InChI is InChI=1S/C21H21ClN2O4/c1-23(2)11-12-24-18(13-7-9-14(22)10-8-13)17(20(27)21(24)28)19(26)15-5-3-4-6-16(15)25/h3-10,18,25-26H,11-12H2,1-2H3/b19-17+. The van der Waals surface area contributed by atoms with E-state index in [-0.39, 0.29) is 16.9 Å². The van der Waals surface area contributed by atoms with Crippen molar-refractivity contribution in [1.29, 1.82) is 0 Å². The lowest BCUT2D eigenvalue weighted by Crippen LogP contribution is -2.35. The number of hydrogen-bond acceptors (Lipinski definition) is 5. The number of halogens is 1. The van der Waals surface area contributed by atoms with Crippen molar-refractivity contribution in [2.24, 2.45) is 0 Å². The first-order valence-electron chi connectivity index (χ1n) is 8.78. The number of aliphatic hydroxyl groups is 1. The molecule has 2 aromatic rings. The number of para-hydroxylation sites is 1. The number of likely N-dealkylation sites (N-methyl/N-ethyl adjacent to an activating group) is 1. The van der Waals surface area contributed by atoms with Crippen molar-refractivity contribution in [3.05, 3.63) is 70.3 Å². The zero-order chi connectivity index (χ0) is 20.4. The lowest BCUT2D eigenvalue weighted by Gasteiger charge is -2.26. The summed E-state index contributed by atoms with van der Waals surface area (Å²) in [6, 6.07) is 12.2. The van der Waals surface area contributed by atoms with Crippen LogP contribution in [0.3, 0.4) is 0 Å². The van der Waals surface area contributed by atoms with Gasteiger partial charge in [-0.15, -0.1) is 0 Å². The second-order valence-electron chi connectivity index (χ2n) is 6.86. The van der Waals surface area contributed by atoms with E-state index in [2.05, 4.69) is 0 Å². The Morgan fingerprint density at radius 2 is 1.75 bits per heavy atom. The average molecular weight is 401 g/mol. The van der Waals surface area contributed by atoms with E-state index in [1.165, 1.54) is 17.0 Å². The fraction of sp³-hybridized carbons (Fsp3) is 0.238. The summed E-state index contributed by atoms with van der Waals surface area (Å²) in [5.41, 5.74) is 0.707. The van der Waals surface area contributed by atoms with Gasteiger partial charge in [0.1, 0.15) is 11.5 Å². The van der Waals surface area contributed by atoms with Crippen LogP contribution < -0.4 is 0 Å². The second kappa shape index (κ2) is 8.04. The van der Waals surface area contributed by atoms with Gasteiger partial charge < -0.3 is 20.0 Å². The number of nitrogens with zero attached hydrogens (tertiary/aromatic N) is 2. The Kier molecular flexibility index (Phi) is 5.72.